The molecule has 1 fully saturated rings. The molecule has 1 aliphatic heterocycles. The fraction of sp³-hybridized carbons (Fsp3) is 0.643. The molecule has 1 aromatic rings. The lowest BCUT2D eigenvalue weighted by atomic mass is 10.2. The maximum atomic E-state index is 12.3. The molecule has 4 nitrogen and oxygen atoms in total. The van der Waals surface area contributed by atoms with E-state index in [1.807, 2.05) is 30.2 Å². The third-order valence-electron chi connectivity index (χ3n) is 3.30. The minimum Gasteiger partial charge on any atom is -0.372 e. The van der Waals surface area contributed by atoms with E-state index in [0.29, 0.717) is 13.1 Å². The zero-order chi connectivity index (χ0) is 13.8. The third-order valence-corrected chi connectivity index (χ3v) is 4.29. The molecule has 0 bridgehead atoms. The summed E-state index contributed by atoms with van der Waals surface area (Å²) in [5, 5.41) is 5.17. The molecule has 1 aliphatic rings. The van der Waals surface area contributed by atoms with Gasteiger partial charge in [-0.3, -0.25) is 0 Å². The van der Waals surface area contributed by atoms with E-state index in [9.17, 15) is 4.79 Å². The number of ether oxygens (including phenoxy) is 1. The van der Waals surface area contributed by atoms with Crippen LogP contribution < -0.4 is 5.32 Å². The quantitative estimate of drug-likeness (QED) is 0.926. The molecular formula is C14H22N2O2S. The summed E-state index contributed by atoms with van der Waals surface area (Å²) in [5.74, 6) is 0. The van der Waals surface area contributed by atoms with Crippen LogP contribution in [0.1, 0.15) is 38.1 Å². The zero-order valence-electron chi connectivity index (χ0n) is 11.8. The molecule has 0 aromatic carbocycles. The molecule has 3 atom stereocenters. The molecule has 2 amide bonds. The maximum absolute atomic E-state index is 12.3. The van der Waals surface area contributed by atoms with Gasteiger partial charge >= 0.3 is 6.03 Å². The lowest BCUT2D eigenvalue weighted by Crippen LogP contribution is -2.52. The molecular weight excluding hydrogens is 260 g/mol. The number of thiophene rings is 1. The highest BCUT2D eigenvalue weighted by atomic mass is 32.1. The minimum absolute atomic E-state index is 0.0160. The van der Waals surface area contributed by atoms with Crippen molar-refractivity contribution in [3.8, 4) is 0 Å². The van der Waals surface area contributed by atoms with Crippen molar-refractivity contribution < 1.29 is 9.53 Å². The van der Waals surface area contributed by atoms with Gasteiger partial charge in [-0.05, 0) is 31.7 Å². The van der Waals surface area contributed by atoms with Crippen LogP contribution >= 0.6 is 11.3 Å². The van der Waals surface area contributed by atoms with E-state index in [4.69, 9.17) is 4.74 Å². The summed E-state index contributed by atoms with van der Waals surface area (Å²) < 4.78 is 5.65. The summed E-state index contributed by atoms with van der Waals surface area (Å²) in [6.45, 7) is 7.43. The Balaban J connectivity index is 1.96. The van der Waals surface area contributed by atoms with Crippen molar-refractivity contribution >= 4 is 17.4 Å². The fourth-order valence-electron chi connectivity index (χ4n) is 2.45. The Morgan fingerprint density at radius 3 is 2.74 bits per heavy atom. The third kappa shape index (κ3) is 3.70. The number of rotatable bonds is 3. The van der Waals surface area contributed by atoms with E-state index in [0.717, 1.165) is 6.42 Å². The molecule has 1 N–H and O–H groups in total. The molecule has 2 rings (SSSR count). The topological polar surface area (TPSA) is 41.6 Å². The van der Waals surface area contributed by atoms with Crippen molar-refractivity contribution in [2.75, 3.05) is 13.1 Å². The van der Waals surface area contributed by atoms with Crippen LogP contribution in [0.15, 0.2) is 17.5 Å². The Bertz CT molecular complexity index is 398. The smallest absolute Gasteiger partial charge is 0.318 e. The van der Waals surface area contributed by atoms with Gasteiger partial charge in [0.2, 0.25) is 0 Å². The highest BCUT2D eigenvalue weighted by Crippen LogP contribution is 2.22. The van der Waals surface area contributed by atoms with Crippen molar-refractivity contribution in [3.05, 3.63) is 22.4 Å². The SMILES string of the molecule is CCC(NC(=O)N1CC(C)OC(C)C1)c1cccs1. The van der Waals surface area contributed by atoms with E-state index in [1.54, 1.807) is 11.3 Å². The van der Waals surface area contributed by atoms with Crippen molar-refractivity contribution in [2.45, 2.75) is 45.4 Å². The summed E-state index contributed by atoms with van der Waals surface area (Å²) in [5.41, 5.74) is 0. The normalized spacial score (nSPS) is 25.1. The lowest BCUT2D eigenvalue weighted by Gasteiger charge is -2.36. The van der Waals surface area contributed by atoms with E-state index in [1.165, 1.54) is 4.88 Å². The minimum atomic E-state index is 0.0160. The Morgan fingerprint density at radius 1 is 1.53 bits per heavy atom. The van der Waals surface area contributed by atoms with Gasteiger partial charge in [-0.15, -0.1) is 11.3 Å². The van der Waals surface area contributed by atoms with Gasteiger partial charge in [-0.2, -0.15) is 0 Å². The van der Waals surface area contributed by atoms with Crippen LogP contribution in [0.4, 0.5) is 4.79 Å². The van der Waals surface area contributed by atoms with Gasteiger partial charge in [-0.1, -0.05) is 13.0 Å². The Kier molecular flexibility index (Phi) is 4.82. The van der Waals surface area contributed by atoms with Gasteiger partial charge in [0.15, 0.2) is 0 Å². The van der Waals surface area contributed by atoms with Crippen molar-refractivity contribution in [3.63, 3.8) is 0 Å². The summed E-state index contributed by atoms with van der Waals surface area (Å²) >= 11 is 1.69. The number of carbonyl (C=O) groups is 1. The molecule has 0 aliphatic carbocycles. The van der Waals surface area contributed by atoms with Crippen molar-refractivity contribution in [1.82, 2.24) is 10.2 Å². The molecule has 1 saturated heterocycles. The molecule has 3 unspecified atom stereocenters. The Morgan fingerprint density at radius 2 is 2.21 bits per heavy atom. The molecule has 2 heterocycles. The van der Waals surface area contributed by atoms with E-state index < -0.39 is 0 Å². The highest BCUT2D eigenvalue weighted by Gasteiger charge is 2.27. The van der Waals surface area contributed by atoms with Crippen LogP contribution in [-0.4, -0.2) is 36.2 Å². The lowest BCUT2D eigenvalue weighted by molar-refractivity contribution is -0.0547. The number of urea groups is 1. The number of hydrogen-bond acceptors (Lipinski definition) is 3. The van der Waals surface area contributed by atoms with E-state index in [2.05, 4.69) is 18.3 Å². The second-order valence-electron chi connectivity index (χ2n) is 5.09. The summed E-state index contributed by atoms with van der Waals surface area (Å²) in [7, 11) is 0. The average Bonchev–Trinajstić information content (AvgIpc) is 2.88. The standard InChI is InChI=1S/C14H22N2O2S/c1-4-12(13-6-5-7-19-13)15-14(17)16-8-10(2)18-11(3)9-16/h5-7,10-12H,4,8-9H2,1-3H3,(H,15,17). The van der Waals surface area contributed by atoms with Crippen LogP contribution in [-0.2, 0) is 4.74 Å². The number of morpholine rings is 1. The first-order chi connectivity index (χ1) is 9.10. The first-order valence-corrected chi connectivity index (χ1v) is 7.72. The molecule has 1 aromatic heterocycles. The predicted octanol–water partition coefficient (Wildman–Crippen LogP) is 3.02. The van der Waals surface area contributed by atoms with Crippen molar-refractivity contribution in [2.24, 2.45) is 0 Å². The average molecular weight is 282 g/mol. The summed E-state index contributed by atoms with van der Waals surface area (Å²) in [4.78, 5) is 15.4. The van der Waals surface area contributed by atoms with Crippen LogP contribution in [0.25, 0.3) is 0 Å². The second kappa shape index (κ2) is 6.39. The van der Waals surface area contributed by atoms with Crippen LogP contribution in [0.5, 0.6) is 0 Å². The monoisotopic (exact) mass is 282 g/mol. The number of nitrogens with zero attached hydrogens (tertiary/aromatic N) is 1. The zero-order valence-corrected chi connectivity index (χ0v) is 12.6. The first-order valence-electron chi connectivity index (χ1n) is 6.84. The maximum Gasteiger partial charge on any atom is 0.318 e. The number of hydrogen-bond donors (Lipinski definition) is 1. The molecule has 5 heteroatoms. The van der Waals surface area contributed by atoms with Crippen LogP contribution in [0, 0.1) is 0 Å². The summed E-state index contributed by atoms with van der Waals surface area (Å²) in [6.07, 6.45) is 1.12. The van der Waals surface area contributed by atoms with Gasteiger partial charge in [0, 0.05) is 18.0 Å². The van der Waals surface area contributed by atoms with Gasteiger partial charge < -0.3 is 15.0 Å². The van der Waals surface area contributed by atoms with Crippen molar-refractivity contribution in [1.29, 1.82) is 0 Å². The Labute approximate surface area is 118 Å². The summed E-state index contributed by atoms with van der Waals surface area (Å²) in [6, 6.07) is 4.22. The molecule has 0 saturated carbocycles. The largest absolute Gasteiger partial charge is 0.372 e. The van der Waals surface area contributed by atoms with Crippen LogP contribution in [0.2, 0.25) is 0 Å². The van der Waals surface area contributed by atoms with Gasteiger partial charge in [0.25, 0.3) is 0 Å². The Hall–Kier alpha value is -1.07. The molecule has 0 radical (unpaired) electrons. The van der Waals surface area contributed by atoms with E-state index >= 15 is 0 Å². The highest BCUT2D eigenvalue weighted by molar-refractivity contribution is 7.10. The second-order valence-corrected chi connectivity index (χ2v) is 6.07. The molecule has 106 valence electrons. The van der Waals surface area contributed by atoms with Gasteiger partial charge in [-0.25, -0.2) is 4.79 Å². The number of amides is 2. The van der Waals surface area contributed by atoms with Crippen LogP contribution in [0.3, 0.4) is 0 Å². The predicted molar refractivity (Wildman–Crippen MR) is 77.5 cm³/mol. The first kappa shape index (κ1) is 14.3. The number of carbonyl (C=O) groups excluding carboxylic acids is 1. The van der Waals surface area contributed by atoms with Gasteiger partial charge in [0.1, 0.15) is 0 Å². The van der Waals surface area contributed by atoms with E-state index in [-0.39, 0.29) is 24.3 Å². The number of nitrogens with one attached hydrogen (secondary N) is 1. The fourth-order valence-corrected chi connectivity index (χ4v) is 3.31. The molecule has 19 heavy (non-hydrogen) atoms. The van der Waals surface area contributed by atoms with Gasteiger partial charge in [0.05, 0.1) is 18.2 Å². The molecule has 0 spiro atoms.